The zero-order valence-corrected chi connectivity index (χ0v) is 21.3. The molecule has 5 rings (SSSR count). The predicted octanol–water partition coefficient (Wildman–Crippen LogP) is 1.48. The first-order chi connectivity index (χ1) is 12.7. The summed E-state index contributed by atoms with van der Waals surface area (Å²) in [5.41, 5.74) is 1.17. The average molecular weight is 522 g/mol. The van der Waals surface area contributed by atoms with E-state index in [1.54, 1.807) is 0 Å². The number of thioether (sulfide) groups is 1. The van der Waals surface area contributed by atoms with Gasteiger partial charge in [-0.15, -0.1) is 29.0 Å². The van der Waals surface area contributed by atoms with Gasteiger partial charge in [-0.1, -0.05) is 66.8 Å². The van der Waals surface area contributed by atoms with Crippen molar-refractivity contribution in [3.05, 3.63) is 88.4 Å². The molecule has 3 aromatic rings. The number of rotatable bonds is 3. The van der Waals surface area contributed by atoms with Crippen molar-refractivity contribution in [2.45, 2.75) is 26.7 Å². The third kappa shape index (κ3) is 6.31. The number of allylic oxidation sites excluding steroid dienone is 6. The molecule has 1 radical (unpaired) electrons. The van der Waals surface area contributed by atoms with Gasteiger partial charge in [0, 0.05) is 17.2 Å². The monoisotopic (exact) mass is 519 g/mol. The van der Waals surface area contributed by atoms with Crippen molar-refractivity contribution in [3.8, 4) is 11.3 Å². The molecule has 1 aliphatic carbocycles. The van der Waals surface area contributed by atoms with Gasteiger partial charge in [-0.2, -0.15) is 0 Å². The average Bonchev–Trinajstić information content (AvgIpc) is 3.37. The Kier molecular flexibility index (Phi) is 10.9. The first-order valence-corrected chi connectivity index (χ1v) is 10.0. The van der Waals surface area contributed by atoms with E-state index in [1.807, 2.05) is 11.8 Å². The number of hydrogen-bond acceptors (Lipinski definition) is 2. The van der Waals surface area contributed by atoms with E-state index in [0.29, 0.717) is 5.92 Å². The van der Waals surface area contributed by atoms with Crippen LogP contribution in [0.5, 0.6) is 0 Å². The number of halogens is 2. The Hall–Kier alpha value is -0.857. The molecule has 1 unspecified atom stereocenters. The molecule has 1 atom stereocenters. The minimum Gasteiger partial charge on any atom is -1.00 e. The Morgan fingerprint density at radius 2 is 1.90 bits per heavy atom. The van der Waals surface area contributed by atoms with E-state index < -0.39 is 0 Å². The van der Waals surface area contributed by atoms with E-state index in [4.69, 9.17) is 4.42 Å². The molecule has 1 aromatic heterocycles. The van der Waals surface area contributed by atoms with E-state index in [2.05, 4.69) is 86.7 Å². The molecule has 0 saturated heterocycles. The maximum atomic E-state index is 5.84. The number of fused-ring (bicyclic) bond motifs is 2. The Labute approximate surface area is 209 Å². The molecular formula is C24H23Cl2OSZr. The standard InChI is InChI=1S/C16H15O.C8H8S.2ClH.Zr/c1-2-5-15-8-9-16(17-15)14-10-12-6-3-4-7-13(12)11-14;1-6-5-7-3-2-4-8(7)9-6;;;/h3-4,6-11H,2,5H2,1H3;2-5,7H,1H3;2*1H;/q-1;;;;+3/p-2. The molecular weight excluding hydrogens is 498 g/mol. The van der Waals surface area contributed by atoms with Crippen molar-refractivity contribution in [2.24, 2.45) is 5.92 Å². The summed E-state index contributed by atoms with van der Waals surface area (Å²) in [6.07, 6.45) is 11.0. The smallest absolute Gasteiger partial charge is 1.00 e. The SMILES string of the molecule is CC1=CC2C=CC=C2S1.CCCc1ccc(-c2cc3ccccc3[cH-]2)o1.[Cl-].[Cl-].[Zr+3]. The van der Waals surface area contributed by atoms with E-state index in [1.165, 1.54) is 26.1 Å². The second kappa shape index (κ2) is 12.1. The molecule has 2 heterocycles. The minimum absolute atomic E-state index is 0. The summed E-state index contributed by atoms with van der Waals surface area (Å²) in [6, 6.07) is 16.9. The number of aryl methyl sites for hydroxylation is 1. The van der Waals surface area contributed by atoms with Crippen LogP contribution in [0.1, 0.15) is 26.0 Å². The van der Waals surface area contributed by atoms with Crippen molar-refractivity contribution >= 4 is 22.5 Å². The molecule has 0 bridgehead atoms. The van der Waals surface area contributed by atoms with E-state index in [9.17, 15) is 0 Å². The molecule has 0 saturated carbocycles. The third-order valence-corrected chi connectivity index (χ3v) is 5.76. The van der Waals surface area contributed by atoms with E-state index in [0.717, 1.165) is 24.4 Å². The molecule has 1 aliphatic heterocycles. The van der Waals surface area contributed by atoms with Gasteiger partial charge in [0.25, 0.3) is 0 Å². The normalized spacial score (nSPS) is 15.9. The van der Waals surface area contributed by atoms with Crippen LogP contribution in [0.2, 0.25) is 0 Å². The fraction of sp³-hybridized carbons (Fsp3) is 0.208. The van der Waals surface area contributed by atoms with Crippen LogP contribution in [-0.2, 0) is 32.6 Å². The zero-order chi connectivity index (χ0) is 17.9. The predicted molar refractivity (Wildman–Crippen MR) is 113 cm³/mol. The Balaban J connectivity index is 0.000000302. The van der Waals surface area contributed by atoms with Crippen LogP contribution in [-0.4, -0.2) is 0 Å². The summed E-state index contributed by atoms with van der Waals surface area (Å²) in [5.74, 6) is 2.69. The Morgan fingerprint density at radius 1 is 1.10 bits per heavy atom. The molecule has 0 spiro atoms. The van der Waals surface area contributed by atoms with Crippen LogP contribution in [0.15, 0.2) is 87.1 Å². The maximum Gasteiger partial charge on any atom is 3.00 e. The summed E-state index contributed by atoms with van der Waals surface area (Å²) in [7, 11) is 0. The zero-order valence-electron chi connectivity index (χ0n) is 16.5. The Bertz CT molecular complexity index is 980. The summed E-state index contributed by atoms with van der Waals surface area (Å²) in [5, 5.41) is 2.55. The molecule has 0 N–H and O–H groups in total. The van der Waals surface area contributed by atoms with Crippen LogP contribution < -0.4 is 24.8 Å². The van der Waals surface area contributed by atoms with E-state index >= 15 is 0 Å². The van der Waals surface area contributed by atoms with Gasteiger partial charge in [0.1, 0.15) is 0 Å². The first-order valence-electron chi connectivity index (χ1n) is 9.22. The Morgan fingerprint density at radius 3 is 2.62 bits per heavy atom. The van der Waals surface area contributed by atoms with Gasteiger partial charge in [0.15, 0.2) is 0 Å². The van der Waals surface area contributed by atoms with Gasteiger partial charge in [0.2, 0.25) is 0 Å². The van der Waals surface area contributed by atoms with Gasteiger partial charge < -0.3 is 29.2 Å². The number of hydrogen-bond donors (Lipinski definition) is 0. The summed E-state index contributed by atoms with van der Waals surface area (Å²) in [6.45, 7) is 4.33. The summed E-state index contributed by atoms with van der Waals surface area (Å²) >= 11 is 1.90. The van der Waals surface area contributed by atoms with Gasteiger partial charge in [-0.25, -0.2) is 0 Å². The van der Waals surface area contributed by atoms with Crippen molar-refractivity contribution < 1.29 is 55.4 Å². The fourth-order valence-electron chi connectivity index (χ4n) is 3.40. The van der Waals surface area contributed by atoms with Crippen molar-refractivity contribution in [1.29, 1.82) is 0 Å². The molecule has 2 aromatic carbocycles. The maximum absolute atomic E-state index is 5.84. The summed E-state index contributed by atoms with van der Waals surface area (Å²) < 4.78 is 5.84. The van der Waals surface area contributed by atoms with Crippen LogP contribution in [0, 0.1) is 5.92 Å². The first kappa shape index (κ1) is 26.2. The van der Waals surface area contributed by atoms with Gasteiger partial charge in [0.05, 0.1) is 11.5 Å². The van der Waals surface area contributed by atoms with Crippen molar-refractivity contribution in [3.63, 3.8) is 0 Å². The number of benzene rings is 1. The summed E-state index contributed by atoms with van der Waals surface area (Å²) in [4.78, 5) is 2.93. The van der Waals surface area contributed by atoms with Gasteiger partial charge in [-0.3, -0.25) is 0 Å². The van der Waals surface area contributed by atoms with Crippen molar-refractivity contribution in [1.82, 2.24) is 0 Å². The molecule has 29 heavy (non-hydrogen) atoms. The molecule has 5 heteroatoms. The van der Waals surface area contributed by atoms with E-state index in [-0.39, 0.29) is 51.0 Å². The van der Waals surface area contributed by atoms with Crippen LogP contribution in [0.4, 0.5) is 0 Å². The number of furan rings is 1. The molecule has 0 fully saturated rings. The quantitative estimate of drug-likeness (QED) is 0.485. The van der Waals surface area contributed by atoms with Gasteiger partial charge in [-0.05, 0) is 30.4 Å². The molecule has 2 aliphatic rings. The van der Waals surface area contributed by atoms with Crippen LogP contribution >= 0.6 is 11.8 Å². The van der Waals surface area contributed by atoms with Crippen molar-refractivity contribution in [2.75, 3.05) is 0 Å². The second-order valence-electron chi connectivity index (χ2n) is 6.75. The molecule has 1 nitrogen and oxygen atoms in total. The van der Waals surface area contributed by atoms with Crippen LogP contribution in [0.3, 0.4) is 0 Å². The molecule has 0 amide bonds. The van der Waals surface area contributed by atoms with Gasteiger partial charge >= 0.3 is 26.2 Å². The largest absolute Gasteiger partial charge is 3.00 e. The second-order valence-corrected chi connectivity index (χ2v) is 8.07. The topological polar surface area (TPSA) is 13.1 Å². The third-order valence-electron chi connectivity index (χ3n) is 4.66. The fourth-order valence-corrected chi connectivity index (χ4v) is 4.41. The molecule has 149 valence electrons. The minimum atomic E-state index is 0. The van der Waals surface area contributed by atoms with Crippen LogP contribution in [0.25, 0.3) is 22.1 Å².